The van der Waals surface area contributed by atoms with Crippen LogP contribution >= 0.6 is 0 Å². The van der Waals surface area contributed by atoms with Crippen molar-refractivity contribution in [3.63, 3.8) is 0 Å². The van der Waals surface area contributed by atoms with Crippen LogP contribution in [0.2, 0.25) is 0 Å². The van der Waals surface area contributed by atoms with Crippen LogP contribution in [0.5, 0.6) is 0 Å². The number of rotatable bonds is 8. The molecule has 0 saturated heterocycles. The fourth-order valence-electron chi connectivity index (χ4n) is 5.44. The van der Waals surface area contributed by atoms with Gasteiger partial charge < -0.3 is 18.9 Å². The summed E-state index contributed by atoms with van der Waals surface area (Å²) in [6.07, 6.45) is 8.11. The van der Waals surface area contributed by atoms with Gasteiger partial charge in [-0.05, 0) is 49.2 Å². The Hall–Kier alpha value is -0.680. The van der Waals surface area contributed by atoms with Gasteiger partial charge in [0.25, 0.3) is 0 Å². The van der Waals surface area contributed by atoms with Gasteiger partial charge in [0.1, 0.15) is 0 Å². The zero-order valence-electron chi connectivity index (χ0n) is 15.7. The summed E-state index contributed by atoms with van der Waals surface area (Å²) in [6, 6.07) is 0. The van der Waals surface area contributed by atoms with E-state index in [1.165, 1.54) is 12.8 Å². The monoisotopic (exact) mass is 336 g/mol. The number of methoxy groups -OCH3 is 4. The Morgan fingerprint density at radius 2 is 1.42 bits per heavy atom. The van der Waals surface area contributed by atoms with Crippen molar-refractivity contribution in [3.05, 3.63) is 22.8 Å². The number of hydrogen-bond donors (Lipinski definition) is 0. The first kappa shape index (κ1) is 18.1. The lowest BCUT2D eigenvalue weighted by Crippen LogP contribution is -2.29. The van der Waals surface area contributed by atoms with Crippen molar-refractivity contribution in [3.8, 4) is 0 Å². The Morgan fingerprint density at radius 3 is 2.00 bits per heavy atom. The molecular weight excluding hydrogens is 304 g/mol. The van der Waals surface area contributed by atoms with E-state index < -0.39 is 0 Å². The molecule has 4 nitrogen and oxygen atoms in total. The second kappa shape index (κ2) is 7.28. The first-order chi connectivity index (χ1) is 11.6. The molecule has 24 heavy (non-hydrogen) atoms. The van der Waals surface area contributed by atoms with Crippen molar-refractivity contribution in [2.45, 2.75) is 32.1 Å². The summed E-state index contributed by atoms with van der Waals surface area (Å²) < 4.78 is 22.2. The van der Waals surface area contributed by atoms with Crippen molar-refractivity contribution >= 4 is 0 Å². The highest BCUT2D eigenvalue weighted by molar-refractivity contribution is 5.47. The molecule has 0 radical (unpaired) electrons. The molecule has 0 N–H and O–H groups in total. The first-order valence-electron chi connectivity index (χ1n) is 8.98. The molecule has 0 amide bonds. The van der Waals surface area contributed by atoms with E-state index in [2.05, 4.69) is 6.08 Å². The predicted octanol–water partition coefficient (Wildman–Crippen LogP) is 3.38. The topological polar surface area (TPSA) is 36.9 Å². The second-order valence-electron chi connectivity index (χ2n) is 8.13. The third-order valence-electron chi connectivity index (χ3n) is 6.08. The van der Waals surface area contributed by atoms with Crippen LogP contribution in [0.3, 0.4) is 0 Å². The molecular formula is C20H32O4. The molecule has 0 bridgehead atoms. The molecule has 1 unspecified atom stereocenters. The van der Waals surface area contributed by atoms with Gasteiger partial charge in [0.15, 0.2) is 0 Å². The van der Waals surface area contributed by atoms with E-state index in [9.17, 15) is 0 Å². The Morgan fingerprint density at radius 1 is 0.833 bits per heavy atom. The summed E-state index contributed by atoms with van der Waals surface area (Å²) in [4.78, 5) is 0. The molecule has 2 saturated carbocycles. The zero-order valence-corrected chi connectivity index (χ0v) is 15.7. The van der Waals surface area contributed by atoms with Gasteiger partial charge in [0, 0.05) is 39.3 Å². The lowest BCUT2D eigenvalue weighted by atomic mass is 9.85. The maximum Gasteiger partial charge on any atom is 0.0547 e. The molecule has 1 atom stereocenters. The van der Waals surface area contributed by atoms with E-state index in [1.54, 1.807) is 45.2 Å². The van der Waals surface area contributed by atoms with Gasteiger partial charge >= 0.3 is 0 Å². The molecule has 0 aliphatic heterocycles. The summed E-state index contributed by atoms with van der Waals surface area (Å²) >= 11 is 0. The highest BCUT2D eigenvalue weighted by Gasteiger charge is 2.48. The number of hydrogen-bond acceptors (Lipinski definition) is 4. The van der Waals surface area contributed by atoms with Gasteiger partial charge in [-0.25, -0.2) is 0 Å². The minimum atomic E-state index is 0.111. The van der Waals surface area contributed by atoms with Crippen LogP contribution in [0.1, 0.15) is 32.1 Å². The second-order valence-corrected chi connectivity index (χ2v) is 8.13. The van der Waals surface area contributed by atoms with E-state index >= 15 is 0 Å². The Bertz CT molecular complexity index is 508. The summed E-state index contributed by atoms with van der Waals surface area (Å²) in [5.41, 5.74) is 5.06. The van der Waals surface area contributed by atoms with Crippen molar-refractivity contribution in [2.75, 3.05) is 54.9 Å². The van der Waals surface area contributed by atoms with E-state index in [0.29, 0.717) is 5.92 Å². The fraction of sp³-hybridized carbons (Fsp3) is 0.800. The smallest absolute Gasteiger partial charge is 0.0547 e. The minimum Gasteiger partial charge on any atom is -0.384 e. The summed E-state index contributed by atoms with van der Waals surface area (Å²) in [6.45, 7) is 3.09. The van der Waals surface area contributed by atoms with Crippen LogP contribution in [0.25, 0.3) is 0 Å². The van der Waals surface area contributed by atoms with Gasteiger partial charge in [-0.1, -0.05) is 11.6 Å². The quantitative estimate of drug-likeness (QED) is 0.681. The standard InChI is InChI=1S/C20H32O4/c1-21-11-19(12-22-2)7-15-5-6-16-8-20(13-23-3,14-24-4)10-18(16)17(15)9-19/h5,16H,6-14H2,1-4H3. The molecule has 4 heteroatoms. The van der Waals surface area contributed by atoms with Gasteiger partial charge in [-0.2, -0.15) is 0 Å². The van der Waals surface area contributed by atoms with Gasteiger partial charge in [0.05, 0.1) is 26.4 Å². The molecule has 3 aliphatic carbocycles. The molecule has 136 valence electrons. The number of ether oxygens (including phenoxy) is 4. The van der Waals surface area contributed by atoms with E-state index in [4.69, 9.17) is 18.9 Å². The normalized spacial score (nSPS) is 27.2. The van der Waals surface area contributed by atoms with Crippen molar-refractivity contribution < 1.29 is 18.9 Å². The largest absolute Gasteiger partial charge is 0.384 e. The molecule has 0 heterocycles. The van der Waals surface area contributed by atoms with Crippen molar-refractivity contribution in [2.24, 2.45) is 16.7 Å². The van der Waals surface area contributed by atoms with E-state index in [-0.39, 0.29) is 10.8 Å². The van der Waals surface area contributed by atoms with Crippen LogP contribution in [0, 0.1) is 16.7 Å². The van der Waals surface area contributed by atoms with Crippen LogP contribution < -0.4 is 0 Å². The minimum absolute atomic E-state index is 0.111. The molecule has 3 rings (SSSR count). The number of allylic oxidation sites excluding steroid dienone is 4. The van der Waals surface area contributed by atoms with Crippen LogP contribution in [0.4, 0.5) is 0 Å². The van der Waals surface area contributed by atoms with Gasteiger partial charge in [-0.3, -0.25) is 0 Å². The third kappa shape index (κ3) is 3.22. The molecule has 0 aromatic rings. The lowest BCUT2D eigenvalue weighted by Gasteiger charge is -2.27. The van der Waals surface area contributed by atoms with Crippen molar-refractivity contribution in [1.29, 1.82) is 0 Å². The first-order valence-corrected chi connectivity index (χ1v) is 8.98. The third-order valence-corrected chi connectivity index (χ3v) is 6.08. The average molecular weight is 336 g/mol. The molecule has 0 spiro atoms. The Kier molecular flexibility index (Phi) is 5.50. The predicted molar refractivity (Wildman–Crippen MR) is 94.1 cm³/mol. The van der Waals surface area contributed by atoms with Crippen LogP contribution in [-0.2, 0) is 18.9 Å². The highest BCUT2D eigenvalue weighted by Crippen LogP contribution is 2.57. The lowest BCUT2D eigenvalue weighted by molar-refractivity contribution is 0.0129. The van der Waals surface area contributed by atoms with E-state index in [0.717, 1.165) is 45.7 Å². The van der Waals surface area contributed by atoms with Crippen LogP contribution in [-0.4, -0.2) is 54.9 Å². The van der Waals surface area contributed by atoms with Crippen molar-refractivity contribution in [1.82, 2.24) is 0 Å². The molecule has 0 aromatic heterocycles. The maximum atomic E-state index is 5.56. The highest BCUT2D eigenvalue weighted by atomic mass is 16.5. The number of fused-ring (bicyclic) bond motifs is 2. The zero-order chi connectivity index (χ0) is 17.2. The average Bonchev–Trinajstić information content (AvgIpc) is 3.07. The van der Waals surface area contributed by atoms with Gasteiger partial charge in [-0.15, -0.1) is 0 Å². The van der Waals surface area contributed by atoms with Gasteiger partial charge in [0.2, 0.25) is 0 Å². The molecule has 0 aromatic carbocycles. The molecule has 2 fully saturated rings. The SMILES string of the molecule is COCC1(COC)CC2=CCC3CC(COC)(COC)CC3=C2C1. The summed E-state index contributed by atoms with van der Waals surface area (Å²) in [5.74, 6) is 0.662. The maximum absolute atomic E-state index is 5.56. The molecule has 3 aliphatic rings. The fourth-order valence-corrected chi connectivity index (χ4v) is 5.44. The van der Waals surface area contributed by atoms with E-state index in [1.807, 2.05) is 0 Å². The Balaban J connectivity index is 1.88. The van der Waals surface area contributed by atoms with Crippen LogP contribution in [0.15, 0.2) is 22.8 Å². The summed E-state index contributed by atoms with van der Waals surface area (Å²) in [7, 11) is 7.20. The Labute approximate surface area is 146 Å². The summed E-state index contributed by atoms with van der Waals surface area (Å²) in [5, 5.41) is 0.